The predicted octanol–water partition coefficient (Wildman–Crippen LogP) is 3.33. The molecule has 0 radical (unpaired) electrons. The fraction of sp³-hybridized carbons (Fsp3) is 0.286. The maximum absolute atomic E-state index is 5.29. The molecule has 0 bridgehead atoms. The molecule has 1 aromatic heterocycles. The first-order valence-electron chi connectivity index (χ1n) is 6.27. The van der Waals surface area contributed by atoms with Gasteiger partial charge in [-0.2, -0.15) is 5.10 Å². The highest BCUT2D eigenvalue weighted by Gasteiger charge is 2.04. The molecule has 0 unspecified atom stereocenters. The van der Waals surface area contributed by atoms with Crippen molar-refractivity contribution in [2.24, 2.45) is 0 Å². The van der Waals surface area contributed by atoms with Crippen molar-refractivity contribution in [1.82, 2.24) is 9.78 Å². The molecule has 0 atom stereocenters. The van der Waals surface area contributed by atoms with Crippen LogP contribution in [0.15, 0.2) is 30.5 Å². The zero-order chi connectivity index (χ0) is 13.8. The minimum Gasteiger partial charge on any atom is -0.332 e. The summed E-state index contributed by atoms with van der Waals surface area (Å²) < 4.78 is 1.85. The third kappa shape index (κ3) is 3.54. The number of aromatic nitrogens is 2. The number of hydrogen-bond acceptors (Lipinski definition) is 2. The molecular weight excluding hydrogens is 256 g/mol. The molecule has 0 saturated carbocycles. The topological polar surface area (TPSA) is 41.9 Å². The molecule has 0 saturated heterocycles. The van der Waals surface area contributed by atoms with Crippen LogP contribution in [0.3, 0.4) is 0 Å². The molecule has 1 heterocycles. The van der Waals surface area contributed by atoms with Crippen molar-refractivity contribution in [3.05, 3.63) is 41.6 Å². The second-order valence-corrected chi connectivity index (χ2v) is 4.86. The van der Waals surface area contributed by atoms with E-state index >= 15 is 0 Å². The SMILES string of the molecule is CCn1ccc(NC(=S)Nc2cc(C)ccc2C)n1. The first kappa shape index (κ1) is 13.5. The van der Waals surface area contributed by atoms with Crippen LogP contribution < -0.4 is 10.6 Å². The third-order valence-electron chi connectivity index (χ3n) is 2.85. The summed E-state index contributed by atoms with van der Waals surface area (Å²) in [6.45, 7) is 7.00. The van der Waals surface area contributed by atoms with Crippen LogP contribution in [-0.4, -0.2) is 14.9 Å². The fourth-order valence-electron chi connectivity index (χ4n) is 1.74. The van der Waals surface area contributed by atoms with Crippen LogP contribution in [0.4, 0.5) is 11.5 Å². The van der Waals surface area contributed by atoms with Gasteiger partial charge in [0.15, 0.2) is 10.9 Å². The van der Waals surface area contributed by atoms with Gasteiger partial charge in [-0.05, 0) is 50.2 Å². The number of hydrogen-bond donors (Lipinski definition) is 2. The van der Waals surface area contributed by atoms with E-state index < -0.39 is 0 Å². The first-order chi connectivity index (χ1) is 9.08. The lowest BCUT2D eigenvalue weighted by Gasteiger charge is -2.11. The minimum atomic E-state index is 0.551. The molecule has 19 heavy (non-hydrogen) atoms. The highest BCUT2D eigenvalue weighted by atomic mass is 32.1. The monoisotopic (exact) mass is 274 g/mol. The average Bonchev–Trinajstić information content (AvgIpc) is 2.81. The molecule has 2 aromatic rings. The van der Waals surface area contributed by atoms with Crippen molar-refractivity contribution >= 4 is 28.8 Å². The summed E-state index contributed by atoms with van der Waals surface area (Å²) in [5.41, 5.74) is 3.38. The molecule has 2 N–H and O–H groups in total. The maximum atomic E-state index is 5.29. The van der Waals surface area contributed by atoms with Crippen molar-refractivity contribution < 1.29 is 0 Å². The van der Waals surface area contributed by atoms with Gasteiger partial charge in [-0.3, -0.25) is 4.68 Å². The number of thiocarbonyl (C=S) groups is 1. The Labute approximate surface area is 118 Å². The molecule has 0 fully saturated rings. The predicted molar refractivity (Wildman–Crippen MR) is 83.7 cm³/mol. The highest BCUT2D eigenvalue weighted by Crippen LogP contribution is 2.16. The van der Waals surface area contributed by atoms with E-state index in [1.807, 2.05) is 23.9 Å². The number of nitrogens with zero attached hydrogens (tertiary/aromatic N) is 2. The smallest absolute Gasteiger partial charge is 0.176 e. The van der Waals surface area contributed by atoms with Crippen molar-refractivity contribution in [1.29, 1.82) is 0 Å². The summed E-state index contributed by atoms with van der Waals surface area (Å²) in [4.78, 5) is 0. The van der Waals surface area contributed by atoms with Gasteiger partial charge in [-0.1, -0.05) is 12.1 Å². The van der Waals surface area contributed by atoms with Gasteiger partial charge in [-0.15, -0.1) is 0 Å². The van der Waals surface area contributed by atoms with E-state index in [4.69, 9.17) is 12.2 Å². The summed E-state index contributed by atoms with van der Waals surface area (Å²) in [6.07, 6.45) is 1.92. The van der Waals surface area contributed by atoms with E-state index in [1.54, 1.807) is 0 Å². The molecule has 5 heteroatoms. The Morgan fingerprint density at radius 1 is 1.26 bits per heavy atom. The normalized spacial score (nSPS) is 10.3. The highest BCUT2D eigenvalue weighted by molar-refractivity contribution is 7.80. The van der Waals surface area contributed by atoms with Gasteiger partial charge < -0.3 is 10.6 Å². The molecular formula is C14H18N4S. The van der Waals surface area contributed by atoms with Gasteiger partial charge in [0, 0.05) is 24.5 Å². The summed E-state index contributed by atoms with van der Waals surface area (Å²) >= 11 is 5.29. The third-order valence-corrected chi connectivity index (χ3v) is 3.05. The molecule has 100 valence electrons. The first-order valence-corrected chi connectivity index (χ1v) is 6.68. The molecule has 4 nitrogen and oxygen atoms in total. The Morgan fingerprint density at radius 3 is 2.74 bits per heavy atom. The van der Waals surface area contributed by atoms with Gasteiger partial charge in [-0.25, -0.2) is 0 Å². The Bertz CT molecular complexity index is 589. The largest absolute Gasteiger partial charge is 0.332 e. The summed E-state index contributed by atoms with van der Waals surface area (Å²) in [7, 11) is 0. The Kier molecular flexibility index (Phi) is 4.16. The number of rotatable bonds is 3. The van der Waals surface area contributed by atoms with Crippen molar-refractivity contribution in [2.45, 2.75) is 27.3 Å². The average molecular weight is 274 g/mol. The van der Waals surface area contributed by atoms with Gasteiger partial charge in [0.05, 0.1) is 0 Å². The Morgan fingerprint density at radius 2 is 2.05 bits per heavy atom. The number of aryl methyl sites for hydroxylation is 3. The molecule has 0 spiro atoms. The quantitative estimate of drug-likeness (QED) is 0.843. The summed E-state index contributed by atoms with van der Waals surface area (Å²) in [5.74, 6) is 0.754. The van der Waals surface area contributed by atoms with E-state index in [2.05, 4.69) is 47.8 Å². The molecule has 0 aliphatic heterocycles. The van der Waals surface area contributed by atoms with Crippen molar-refractivity contribution in [3.63, 3.8) is 0 Å². The molecule has 0 amide bonds. The lowest BCUT2D eigenvalue weighted by Crippen LogP contribution is -2.20. The van der Waals surface area contributed by atoms with Gasteiger partial charge in [0.25, 0.3) is 0 Å². The summed E-state index contributed by atoms with van der Waals surface area (Å²) in [5, 5.41) is 11.2. The van der Waals surface area contributed by atoms with Gasteiger partial charge in [0.1, 0.15) is 0 Å². The Hall–Kier alpha value is -1.88. The standard InChI is InChI=1S/C14H18N4S/c1-4-18-8-7-13(17-18)16-14(19)15-12-9-10(2)5-6-11(12)3/h5-9H,4H2,1-3H3,(H2,15,16,17,19). The molecule has 0 aliphatic carbocycles. The van der Waals surface area contributed by atoms with Crippen LogP contribution >= 0.6 is 12.2 Å². The number of benzene rings is 1. The van der Waals surface area contributed by atoms with Gasteiger partial charge in [0.2, 0.25) is 0 Å². The van der Waals surface area contributed by atoms with Crippen LogP contribution in [0.1, 0.15) is 18.1 Å². The van der Waals surface area contributed by atoms with Crippen LogP contribution in [0.5, 0.6) is 0 Å². The second kappa shape index (κ2) is 5.84. The van der Waals surface area contributed by atoms with Crippen molar-refractivity contribution in [2.75, 3.05) is 10.6 Å². The van der Waals surface area contributed by atoms with Crippen LogP contribution in [0, 0.1) is 13.8 Å². The number of anilines is 2. The van der Waals surface area contributed by atoms with E-state index in [1.165, 1.54) is 5.56 Å². The van der Waals surface area contributed by atoms with E-state index in [-0.39, 0.29) is 0 Å². The van der Waals surface area contributed by atoms with Gasteiger partial charge >= 0.3 is 0 Å². The Balaban J connectivity index is 2.03. The van der Waals surface area contributed by atoms with E-state index in [0.29, 0.717) is 5.11 Å². The van der Waals surface area contributed by atoms with E-state index in [9.17, 15) is 0 Å². The lowest BCUT2D eigenvalue weighted by atomic mass is 10.1. The minimum absolute atomic E-state index is 0.551. The second-order valence-electron chi connectivity index (χ2n) is 4.45. The zero-order valence-corrected chi connectivity index (χ0v) is 12.2. The fourth-order valence-corrected chi connectivity index (χ4v) is 1.96. The van der Waals surface area contributed by atoms with Crippen LogP contribution in [-0.2, 0) is 6.54 Å². The van der Waals surface area contributed by atoms with Crippen LogP contribution in [0.2, 0.25) is 0 Å². The molecule has 1 aromatic carbocycles. The zero-order valence-electron chi connectivity index (χ0n) is 11.4. The van der Waals surface area contributed by atoms with Crippen molar-refractivity contribution in [3.8, 4) is 0 Å². The van der Waals surface area contributed by atoms with Crippen LogP contribution in [0.25, 0.3) is 0 Å². The summed E-state index contributed by atoms with van der Waals surface area (Å²) in [6, 6.07) is 8.14. The number of nitrogens with one attached hydrogen (secondary N) is 2. The maximum Gasteiger partial charge on any atom is 0.176 e. The lowest BCUT2D eigenvalue weighted by molar-refractivity contribution is 0.662. The van der Waals surface area contributed by atoms with E-state index in [0.717, 1.165) is 23.6 Å². The molecule has 0 aliphatic rings. The molecule has 2 rings (SSSR count).